The lowest BCUT2D eigenvalue weighted by atomic mass is 9.96. The van der Waals surface area contributed by atoms with Crippen molar-refractivity contribution in [2.75, 3.05) is 6.61 Å². The fraction of sp³-hybridized carbons (Fsp3) is 0.571. The second kappa shape index (κ2) is 5.92. The van der Waals surface area contributed by atoms with Gasteiger partial charge in [0.2, 0.25) is 0 Å². The maximum Gasteiger partial charge on any atom is 0.414 e. The first-order valence-corrected chi connectivity index (χ1v) is 6.07. The maximum absolute atomic E-state index is 12.3. The van der Waals surface area contributed by atoms with Crippen molar-refractivity contribution in [3.63, 3.8) is 0 Å². The summed E-state index contributed by atoms with van der Waals surface area (Å²) in [5.74, 6) is 0. The number of ether oxygens (including phenoxy) is 1. The first kappa shape index (κ1) is 16.0. The van der Waals surface area contributed by atoms with E-state index in [9.17, 15) is 18.3 Å². The summed E-state index contributed by atoms with van der Waals surface area (Å²) in [6.07, 6.45) is -7.34. The highest BCUT2D eigenvalue weighted by molar-refractivity contribution is 5.38. The summed E-state index contributed by atoms with van der Waals surface area (Å²) >= 11 is 0. The van der Waals surface area contributed by atoms with Crippen molar-refractivity contribution in [3.05, 3.63) is 34.4 Å². The lowest BCUT2D eigenvalue weighted by Crippen LogP contribution is -2.30. The highest BCUT2D eigenvalue weighted by Gasteiger charge is 2.37. The lowest BCUT2D eigenvalue weighted by Gasteiger charge is -2.21. The van der Waals surface area contributed by atoms with Gasteiger partial charge < -0.3 is 9.84 Å². The molecule has 2 unspecified atom stereocenters. The Kier molecular flexibility index (Phi) is 4.98. The van der Waals surface area contributed by atoms with Crippen LogP contribution < -0.4 is 0 Å². The molecule has 0 aromatic heterocycles. The Bertz CT molecular complexity index is 418. The van der Waals surface area contributed by atoms with Crippen molar-refractivity contribution in [2.24, 2.45) is 0 Å². The molecule has 0 aliphatic rings. The average molecular weight is 276 g/mol. The highest BCUT2D eigenvalue weighted by atomic mass is 19.4. The standard InChI is InChI=1S/C14H19F3O2/c1-8-5-9(2)13(10(3)6-8)12(18)7-19-11(4)14(15,16)17/h5-6,11-12,18H,7H2,1-4H3. The van der Waals surface area contributed by atoms with Gasteiger partial charge in [0.05, 0.1) is 6.61 Å². The van der Waals surface area contributed by atoms with Gasteiger partial charge in [0.15, 0.2) is 6.10 Å². The van der Waals surface area contributed by atoms with Crippen molar-refractivity contribution in [1.29, 1.82) is 0 Å². The molecule has 0 amide bonds. The Balaban J connectivity index is 2.77. The van der Waals surface area contributed by atoms with Crippen molar-refractivity contribution in [2.45, 2.75) is 46.1 Å². The Morgan fingerprint density at radius 3 is 2.05 bits per heavy atom. The van der Waals surface area contributed by atoms with Gasteiger partial charge in [0.1, 0.15) is 6.10 Å². The summed E-state index contributed by atoms with van der Waals surface area (Å²) in [6.45, 7) is 6.14. The zero-order chi connectivity index (χ0) is 14.8. The van der Waals surface area contributed by atoms with Crippen LogP contribution in [0.25, 0.3) is 0 Å². The number of alkyl halides is 3. The van der Waals surface area contributed by atoms with Crippen LogP contribution in [0.5, 0.6) is 0 Å². The summed E-state index contributed by atoms with van der Waals surface area (Å²) in [6, 6.07) is 3.78. The molecule has 1 aromatic rings. The molecule has 5 heteroatoms. The topological polar surface area (TPSA) is 29.5 Å². The van der Waals surface area contributed by atoms with Gasteiger partial charge in [-0.05, 0) is 44.4 Å². The number of aliphatic hydroxyl groups excluding tert-OH is 1. The summed E-state index contributed by atoms with van der Waals surface area (Å²) < 4.78 is 41.6. The Morgan fingerprint density at radius 2 is 1.63 bits per heavy atom. The molecule has 19 heavy (non-hydrogen) atoms. The van der Waals surface area contributed by atoms with Crippen LogP contribution in [0, 0.1) is 20.8 Å². The van der Waals surface area contributed by atoms with Crippen LogP contribution in [-0.4, -0.2) is 24.0 Å². The summed E-state index contributed by atoms with van der Waals surface area (Å²) in [4.78, 5) is 0. The number of hydrogen-bond donors (Lipinski definition) is 1. The molecular weight excluding hydrogens is 257 g/mol. The van der Waals surface area contributed by atoms with Crippen LogP contribution in [0.4, 0.5) is 13.2 Å². The third-order valence-corrected chi connectivity index (χ3v) is 3.04. The lowest BCUT2D eigenvalue weighted by molar-refractivity contribution is -0.219. The number of aliphatic hydroxyl groups is 1. The van der Waals surface area contributed by atoms with E-state index < -0.39 is 18.4 Å². The summed E-state index contributed by atoms with van der Waals surface area (Å²) in [7, 11) is 0. The third kappa shape index (κ3) is 4.21. The predicted octanol–water partition coefficient (Wildman–Crippen LogP) is 3.61. The van der Waals surface area contributed by atoms with Crippen LogP contribution in [0.15, 0.2) is 12.1 Å². The molecule has 0 fully saturated rings. The van der Waals surface area contributed by atoms with Gasteiger partial charge in [-0.1, -0.05) is 17.7 Å². The number of rotatable bonds is 4. The maximum atomic E-state index is 12.3. The molecule has 0 saturated carbocycles. The normalized spacial score (nSPS) is 15.4. The largest absolute Gasteiger partial charge is 0.414 e. The molecule has 0 bridgehead atoms. The van der Waals surface area contributed by atoms with Gasteiger partial charge in [-0.3, -0.25) is 0 Å². The Morgan fingerprint density at radius 1 is 1.16 bits per heavy atom. The van der Waals surface area contributed by atoms with Gasteiger partial charge in [-0.2, -0.15) is 13.2 Å². The molecule has 1 N–H and O–H groups in total. The van der Waals surface area contributed by atoms with Crippen molar-refractivity contribution in [3.8, 4) is 0 Å². The Hall–Kier alpha value is -1.07. The summed E-state index contributed by atoms with van der Waals surface area (Å²) in [5, 5.41) is 10.00. The van der Waals surface area contributed by atoms with Crippen molar-refractivity contribution < 1.29 is 23.0 Å². The van der Waals surface area contributed by atoms with E-state index >= 15 is 0 Å². The second-order valence-corrected chi connectivity index (χ2v) is 4.85. The van der Waals surface area contributed by atoms with E-state index in [2.05, 4.69) is 4.74 Å². The molecule has 1 rings (SSSR count). The fourth-order valence-corrected chi connectivity index (χ4v) is 2.13. The van der Waals surface area contributed by atoms with Gasteiger partial charge in [0.25, 0.3) is 0 Å². The van der Waals surface area contributed by atoms with Gasteiger partial charge in [-0.25, -0.2) is 0 Å². The fourth-order valence-electron chi connectivity index (χ4n) is 2.13. The molecule has 0 aliphatic heterocycles. The van der Waals surface area contributed by atoms with Crippen LogP contribution in [0.2, 0.25) is 0 Å². The Labute approximate surface area is 111 Å². The van der Waals surface area contributed by atoms with Crippen LogP contribution >= 0.6 is 0 Å². The molecule has 1 aromatic carbocycles. The molecule has 0 spiro atoms. The van der Waals surface area contributed by atoms with Crippen LogP contribution in [0.1, 0.15) is 35.3 Å². The first-order valence-electron chi connectivity index (χ1n) is 6.07. The van der Waals surface area contributed by atoms with Gasteiger partial charge >= 0.3 is 6.18 Å². The molecule has 2 atom stereocenters. The van der Waals surface area contributed by atoms with Crippen molar-refractivity contribution in [1.82, 2.24) is 0 Å². The molecule has 0 heterocycles. The van der Waals surface area contributed by atoms with E-state index in [0.717, 1.165) is 23.6 Å². The highest BCUT2D eigenvalue weighted by Crippen LogP contribution is 2.27. The van der Waals surface area contributed by atoms with Crippen molar-refractivity contribution >= 4 is 0 Å². The number of hydrogen-bond acceptors (Lipinski definition) is 2. The summed E-state index contributed by atoms with van der Waals surface area (Å²) in [5.41, 5.74) is 3.40. The van der Waals surface area contributed by atoms with E-state index in [-0.39, 0.29) is 6.61 Å². The first-order chi connectivity index (χ1) is 8.62. The second-order valence-electron chi connectivity index (χ2n) is 4.85. The van der Waals surface area contributed by atoms with E-state index in [0.29, 0.717) is 5.56 Å². The van der Waals surface area contributed by atoms with E-state index in [1.807, 2.05) is 32.9 Å². The monoisotopic (exact) mass is 276 g/mol. The van der Waals surface area contributed by atoms with E-state index in [1.54, 1.807) is 0 Å². The minimum atomic E-state index is -4.41. The predicted molar refractivity (Wildman–Crippen MR) is 67.1 cm³/mol. The zero-order valence-corrected chi connectivity index (χ0v) is 11.5. The number of halogens is 3. The van der Waals surface area contributed by atoms with Crippen LogP contribution in [0.3, 0.4) is 0 Å². The van der Waals surface area contributed by atoms with E-state index in [4.69, 9.17) is 0 Å². The molecule has 2 nitrogen and oxygen atoms in total. The molecular formula is C14H19F3O2. The molecule has 0 saturated heterocycles. The van der Waals surface area contributed by atoms with E-state index in [1.165, 1.54) is 0 Å². The number of benzene rings is 1. The molecule has 0 aliphatic carbocycles. The average Bonchev–Trinajstić information content (AvgIpc) is 2.22. The zero-order valence-electron chi connectivity index (χ0n) is 11.5. The molecule has 0 radical (unpaired) electrons. The quantitative estimate of drug-likeness (QED) is 0.910. The minimum absolute atomic E-state index is 0.370. The van der Waals surface area contributed by atoms with Gasteiger partial charge in [0, 0.05) is 0 Å². The third-order valence-electron chi connectivity index (χ3n) is 3.04. The number of aryl methyl sites for hydroxylation is 3. The smallest absolute Gasteiger partial charge is 0.386 e. The molecule has 108 valence electrons. The van der Waals surface area contributed by atoms with Crippen LogP contribution in [-0.2, 0) is 4.74 Å². The SMILES string of the molecule is Cc1cc(C)c(C(O)COC(C)C(F)(F)F)c(C)c1. The minimum Gasteiger partial charge on any atom is -0.386 e. The van der Waals surface area contributed by atoms with Gasteiger partial charge in [-0.15, -0.1) is 0 Å².